The topological polar surface area (TPSA) is 114 Å². The zero-order valence-corrected chi connectivity index (χ0v) is 21.3. The van der Waals surface area contributed by atoms with E-state index in [1.807, 2.05) is 42.5 Å². The summed E-state index contributed by atoms with van der Waals surface area (Å²) in [6.07, 6.45) is 4.81. The summed E-state index contributed by atoms with van der Waals surface area (Å²) in [5.41, 5.74) is 3.19. The number of fused-ring (bicyclic) bond motifs is 5. The Morgan fingerprint density at radius 2 is 1.65 bits per heavy atom. The Bertz CT molecular complexity index is 1070. The molecule has 4 aliphatic rings. The second-order valence-electron chi connectivity index (χ2n) is 11.2. The highest BCUT2D eigenvalue weighted by Gasteiger charge is 2.61. The van der Waals surface area contributed by atoms with Crippen LogP contribution in [0.1, 0.15) is 45.6 Å². The first-order chi connectivity index (χ1) is 17.6. The van der Waals surface area contributed by atoms with Crippen LogP contribution in [0.5, 0.6) is 0 Å². The number of hydrogen-bond donors (Lipinski definition) is 1. The number of benzene rings is 1. The highest BCUT2D eigenvalue weighted by Crippen LogP contribution is 2.52. The van der Waals surface area contributed by atoms with Crippen molar-refractivity contribution in [2.75, 3.05) is 6.54 Å². The number of allylic oxidation sites excluding steroid dienone is 2. The van der Waals surface area contributed by atoms with E-state index in [9.17, 15) is 19.2 Å². The Morgan fingerprint density at radius 3 is 2.27 bits per heavy atom. The number of rotatable bonds is 6. The quantitative estimate of drug-likeness (QED) is 0.352. The number of likely N-dealkylation sites (tertiary alicyclic amines) is 1. The lowest BCUT2D eigenvalue weighted by molar-refractivity contribution is -0.203. The Morgan fingerprint density at radius 1 is 1.00 bits per heavy atom. The molecule has 3 amide bonds. The van der Waals surface area contributed by atoms with Gasteiger partial charge in [-0.05, 0) is 57.4 Å². The van der Waals surface area contributed by atoms with Gasteiger partial charge in [-0.25, -0.2) is 9.59 Å². The van der Waals surface area contributed by atoms with Gasteiger partial charge in [0, 0.05) is 6.54 Å². The lowest BCUT2D eigenvalue weighted by Gasteiger charge is -2.38. The zero-order chi connectivity index (χ0) is 26.3. The first-order valence-corrected chi connectivity index (χ1v) is 12.8. The van der Waals surface area contributed by atoms with E-state index >= 15 is 0 Å². The summed E-state index contributed by atoms with van der Waals surface area (Å²) in [5, 5.41) is 0.629. The Labute approximate surface area is 215 Å². The molecule has 10 nitrogen and oxygen atoms in total. The van der Waals surface area contributed by atoms with Crippen LogP contribution in [0.4, 0.5) is 4.79 Å². The van der Waals surface area contributed by atoms with Gasteiger partial charge in [-0.2, -0.15) is 5.48 Å². The Hall–Kier alpha value is -3.24. The summed E-state index contributed by atoms with van der Waals surface area (Å²) in [6, 6.07) is 8.39. The standard InChI is InChI=1S/C27H33N3O7/c1-27(2,3)36-26(34)29-14-19(28-35-15-16-7-5-4-6-8-16)11-12-20(29)25(33)37-30-23(31)21-17-9-10-18(13-17)22(21)24(30)32/h4-10,17-22,28H,11-15H2,1-3H3/t17-,18+,19-,20+,21+,22-/m1/s1. The number of nitrogens with one attached hydrogen (secondary N) is 1. The zero-order valence-electron chi connectivity index (χ0n) is 21.3. The molecule has 2 aliphatic carbocycles. The monoisotopic (exact) mass is 511 g/mol. The van der Waals surface area contributed by atoms with Crippen molar-refractivity contribution in [3.05, 3.63) is 48.0 Å². The molecule has 2 bridgehead atoms. The fourth-order valence-electron chi connectivity index (χ4n) is 5.77. The summed E-state index contributed by atoms with van der Waals surface area (Å²) in [7, 11) is 0. The third-order valence-corrected chi connectivity index (χ3v) is 7.42. The lowest BCUT2D eigenvalue weighted by Crippen LogP contribution is -2.57. The molecule has 0 aromatic heterocycles. The summed E-state index contributed by atoms with van der Waals surface area (Å²) >= 11 is 0. The van der Waals surface area contributed by atoms with Gasteiger partial charge in [-0.3, -0.25) is 19.3 Å². The second kappa shape index (κ2) is 9.90. The molecule has 10 heteroatoms. The van der Waals surface area contributed by atoms with Crippen molar-refractivity contribution in [3.63, 3.8) is 0 Å². The molecule has 3 fully saturated rings. The first kappa shape index (κ1) is 25.4. The van der Waals surface area contributed by atoms with Crippen LogP contribution in [0.25, 0.3) is 0 Å². The summed E-state index contributed by atoms with van der Waals surface area (Å²) in [4.78, 5) is 64.5. The maximum atomic E-state index is 13.2. The van der Waals surface area contributed by atoms with Crippen molar-refractivity contribution in [2.24, 2.45) is 23.7 Å². The molecule has 1 aromatic carbocycles. The van der Waals surface area contributed by atoms with Gasteiger partial charge in [-0.1, -0.05) is 42.5 Å². The first-order valence-electron chi connectivity index (χ1n) is 12.8. The Kier molecular flexibility index (Phi) is 6.80. The van der Waals surface area contributed by atoms with Gasteiger partial charge in [0.2, 0.25) is 0 Å². The molecule has 5 rings (SSSR count). The largest absolute Gasteiger partial charge is 0.444 e. The van der Waals surface area contributed by atoms with Crippen molar-refractivity contribution >= 4 is 23.9 Å². The van der Waals surface area contributed by atoms with E-state index in [0.717, 1.165) is 12.0 Å². The van der Waals surface area contributed by atoms with E-state index < -0.39 is 47.4 Å². The van der Waals surface area contributed by atoms with E-state index in [4.69, 9.17) is 14.4 Å². The van der Waals surface area contributed by atoms with E-state index in [1.54, 1.807) is 20.8 Å². The molecule has 1 N–H and O–H groups in total. The van der Waals surface area contributed by atoms with Crippen molar-refractivity contribution < 1.29 is 33.6 Å². The summed E-state index contributed by atoms with van der Waals surface area (Å²) < 4.78 is 5.54. The van der Waals surface area contributed by atoms with Gasteiger partial charge >= 0.3 is 12.1 Å². The van der Waals surface area contributed by atoms with Crippen LogP contribution in [0.3, 0.4) is 0 Å². The van der Waals surface area contributed by atoms with E-state index in [2.05, 4.69) is 5.48 Å². The molecular formula is C27H33N3O7. The van der Waals surface area contributed by atoms with Crippen LogP contribution < -0.4 is 5.48 Å². The van der Waals surface area contributed by atoms with Gasteiger partial charge in [0.25, 0.3) is 11.8 Å². The van der Waals surface area contributed by atoms with Crippen molar-refractivity contribution in [1.82, 2.24) is 15.4 Å². The molecule has 2 saturated heterocycles. The number of hydrogen-bond acceptors (Lipinski definition) is 8. The van der Waals surface area contributed by atoms with Crippen LogP contribution in [0.15, 0.2) is 42.5 Å². The molecule has 198 valence electrons. The van der Waals surface area contributed by atoms with Gasteiger partial charge < -0.3 is 9.57 Å². The molecule has 1 saturated carbocycles. The molecule has 1 aromatic rings. The van der Waals surface area contributed by atoms with Crippen LogP contribution in [-0.2, 0) is 35.4 Å². The number of carbonyl (C=O) groups excluding carboxylic acids is 4. The molecule has 2 aliphatic heterocycles. The average molecular weight is 512 g/mol. The van der Waals surface area contributed by atoms with E-state index in [-0.39, 0.29) is 30.8 Å². The number of piperidine rings is 1. The fraction of sp³-hybridized carbons (Fsp3) is 0.556. The van der Waals surface area contributed by atoms with Crippen molar-refractivity contribution in [3.8, 4) is 0 Å². The van der Waals surface area contributed by atoms with Crippen LogP contribution in [0, 0.1) is 23.7 Å². The highest BCUT2D eigenvalue weighted by molar-refractivity contribution is 6.06. The molecule has 0 radical (unpaired) electrons. The summed E-state index contributed by atoms with van der Waals surface area (Å²) in [5.74, 6) is -2.71. The minimum Gasteiger partial charge on any atom is -0.444 e. The third kappa shape index (κ3) is 5.13. The van der Waals surface area contributed by atoms with Gasteiger partial charge in [0.15, 0.2) is 0 Å². The number of nitrogens with zero attached hydrogens (tertiary/aromatic N) is 2. The molecule has 2 heterocycles. The molecule has 6 atom stereocenters. The van der Waals surface area contributed by atoms with Gasteiger partial charge in [0.05, 0.1) is 24.5 Å². The van der Waals surface area contributed by atoms with Crippen molar-refractivity contribution in [1.29, 1.82) is 0 Å². The highest BCUT2D eigenvalue weighted by atomic mass is 16.7. The fourth-order valence-corrected chi connectivity index (χ4v) is 5.77. The SMILES string of the molecule is CC(C)(C)OC(=O)N1C[C@H](NOCc2ccccc2)CC[C@H]1C(=O)ON1C(=O)[C@@H]2[C@H](C1=O)[C@H]1C=C[C@@H]2C1. The van der Waals surface area contributed by atoms with Crippen LogP contribution in [-0.4, -0.2) is 58.1 Å². The van der Waals surface area contributed by atoms with Gasteiger partial charge in [-0.15, -0.1) is 5.06 Å². The number of amides is 3. The predicted octanol–water partition coefficient (Wildman–Crippen LogP) is 2.74. The maximum Gasteiger partial charge on any atom is 0.411 e. The number of carbonyl (C=O) groups is 4. The predicted molar refractivity (Wildman–Crippen MR) is 130 cm³/mol. The lowest BCUT2D eigenvalue weighted by atomic mass is 9.85. The van der Waals surface area contributed by atoms with Crippen LogP contribution in [0.2, 0.25) is 0 Å². The maximum absolute atomic E-state index is 13.2. The summed E-state index contributed by atoms with van der Waals surface area (Å²) in [6.45, 7) is 5.69. The average Bonchev–Trinajstić information content (AvgIpc) is 3.54. The van der Waals surface area contributed by atoms with Crippen LogP contribution >= 0.6 is 0 Å². The molecule has 0 spiro atoms. The molecule has 37 heavy (non-hydrogen) atoms. The number of ether oxygens (including phenoxy) is 1. The number of imide groups is 1. The normalized spacial score (nSPS) is 30.6. The molecular weight excluding hydrogens is 478 g/mol. The van der Waals surface area contributed by atoms with Gasteiger partial charge in [0.1, 0.15) is 11.6 Å². The van der Waals surface area contributed by atoms with Crippen molar-refractivity contribution in [2.45, 2.75) is 64.3 Å². The molecule has 0 unspecified atom stereocenters. The smallest absolute Gasteiger partial charge is 0.411 e. The van der Waals surface area contributed by atoms with E-state index in [1.165, 1.54) is 4.90 Å². The minimum absolute atomic E-state index is 0.00538. The second-order valence-corrected chi connectivity index (χ2v) is 11.2. The Balaban J connectivity index is 1.24. The third-order valence-electron chi connectivity index (χ3n) is 7.42. The minimum atomic E-state index is -1.00. The van der Waals surface area contributed by atoms with E-state index in [0.29, 0.717) is 18.1 Å². The number of hydroxylamine groups is 3.